The third kappa shape index (κ3) is 5.08. The zero-order chi connectivity index (χ0) is 19.3. The van der Waals surface area contributed by atoms with Crippen LogP contribution >= 0.6 is 0 Å². The number of sulfonamides is 1. The van der Waals surface area contributed by atoms with Gasteiger partial charge in [0.1, 0.15) is 5.69 Å². The fourth-order valence-electron chi connectivity index (χ4n) is 2.85. The summed E-state index contributed by atoms with van der Waals surface area (Å²) in [5.74, 6) is -0.0774. The Morgan fingerprint density at radius 3 is 2.07 bits per heavy atom. The molecule has 1 N–H and O–H groups in total. The Hall–Kier alpha value is -2.86. The Morgan fingerprint density at radius 1 is 0.852 bits per heavy atom. The molecule has 0 aliphatic carbocycles. The van der Waals surface area contributed by atoms with Crippen molar-refractivity contribution in [1.29, 1.82) is 0 Å². The normalized spacial score (nSPS) is 11.3. The van der Waals surface area contributed by atoms with Crippen molar-refractivity contribution in [2.24, 2.45) is 7.05 Å². The number of anilines is 1. The molecule has 0 spiro atoms. The quantitative estimate of drug-likeness (QED) is 0.683. The Morgan fingerprint density at radius 2 is 1.44 bits per heavy atom. The number of nitrogens with zero attached hydrogens (tertiary/aromatic N) is 1. The van der Waals surface area contributed by atoms with Crippen LogP contribution in [0.5, 0.6) is 0 Å². The number of benzene rings is 2. The fraction of sp³-hybridized carbons (Fsp3) is 0.190. The van der Waals surface area contributed by atoms with Gasteiger partial charge >= 0.3 is 0 Å². The van der Waals surface area contributed by atoms with Crippen LogP contribution in [0.3, 0.4) is 0 Å². The van der Waals surface area contributed by atoms with Gasteiger partial charge in [0.2, 0.25) is 10.0 Å². The summed E-state index contributed by atoms with van der Waals surface area (Å²) >= 11 is 0. The van der Waals surface area contributed by atoms with E-state index in [9.17, 15) is 13.2 Å². The highest BCUT2D eigenvalue weighted by Crippen LogP contribution is 2.11. The van der Waals surface area contributed by atoms with Gasteiger partial charge in [-0.1, -0.05) is 60.7 Å². The van der Waals surface area contributed by atoms with E-state index in [-0.39, 0.29) is 17.0 Å². The van der Waals surface area contributed by atoms with E-state index >= 15 is 0 Å². The maximum absolute atomic E-state index is 12.6. The summed E-state index contributed by atoms with van der Waals surface area (Å²) in [6, 6.07) is 22.5. The average molecular weight is 382 g/mol. The molecule has 1 aromatic heterocycles. The molecule has 27 heavy (non-hydrogen) atoms. The van der Waals surface area contributed by atoms with E-state index in [0.717, 1.165) is 16.8 Å². The second-order valence-corrected chi connectivity index (χ2v) is 8.26. The molecule has 0 fully saturated rings. The minimum atomic E-state index is -3.61. The predicted octanol–water partition coefficient (Wildman–Crippen LogP) is 2.96. The fourth-order valence-corrected chi connectivity index (χ4v) is 3.95. The van der Waals surface area contributed by atoms with Crippen molar-refractivity contribution < 1.29 is 8.42 Å². The summed E-state index contributed by atoms with van der Waals surface area (Å²) in [6.45, 7) is 0. The highest BCUT2D eigenvalue weighted by Gasteiger charge is 2.14. The molecule has 0 aliphatic rings. The van der Waals surface area contributed by atoms with E-state index in [2.05, 4.69) is 4.72 Å². The van der Waals surface area contributed by atoms with Crippen LogP contribution in [-0.2, 0) is 29.9 Å². The van der Waals surface area contributed by atoms with Crippen LogP contribution in [0.15, 0.2) is 77.6 Å². The van der Waals surface area contributed by atoms with Crippen LogP contribution in [-0.4, -0.2) is 18.7 Å². The standard InChI is InChI=1S/C21H22N2O3S/c1-23-19(16-18-10-6-3-7-11-18)12-13-20(21(23)24)22-27(25,26)15-14-17-8-4-2-5-9-17/h2-13,22H,14-16H2,1H3. The second-order valence-electron chi connectivity index (χ2n) is 6.42. The zero-order valence-corrected chi connectivity index (χ0v) is 15.9. The van der Waals surface area contributed by atoms with Crippen molar-refractivity contribution in [3.63, 3.8) is 0 Å². The largest absolute Gasteiger partial charge is 0.314 e. The number of rotatable bonds is 7. The molecule has 5 nitrogen and oxygen atoms in total. The highest BCUT2D eigenvalue weighted by atomic mass is 32.2. The Labute approximate surface area is 159 Å². The van der Waals surface area contributed by atoms with Crippen molar-refractivity contribution in [3.8, 4) is 0 Å². The van der Waals surface area contributed by atoms with Crippen molar-refractivity contribution in [3.05, 3.63) is 100.0 Å². The summed E-state index contributed by atoms with van der Waals surface area (Å²) in [5.41, 5.74) is 2.56. The molecule has 3 rings (SSSR count). The molecular weight excluding hydrogens is 360 g/mol. The van der Waals surface area contributed by atoms with E-state index in [1.165, 1.54) is 4.57 Å². The minimum absolute atomic E-state index is 0.0716. The summed E-state index contributed by atoms with van der Waals surface area (Å²) < 4.78 is 28.6. The highest BCUT2D eigenvalue weighted by molar-refractivity contribution is 7.92. The second kappa shape index (κ2) is 8.22. The molecule has 0 unspecified atom stereocenters. The minimum Gasteiger partial charge on any atom is -0.314 e. The third-order valence-corrected chi connectivity index (χ3v) is 5.68. The number of hydrogen-bond acceptors (Lipinski definition) is 3. The first-order chi connectivity index (χ1) is 12.9. The van der Waals surface area contributed by atoms with E-state index in [1.54, 1.807) is 19.2 Å². The van der Waals surface area contributed by atoms with Gasteiger partial charge in [-0.25, -0.2) is 8.42 Å². The third-order valence-electron chi connectivity index (χ3n) is 4.40. The average Bonchev–Trinajstić information content (AvgIpc) is 2.68. The lowest BCUT2D eigenvalue weighted by atomic mass is 10.1. The van der Waals surface area contributed by atoms with Crippen LogP contribution in [0.1, 0.15) is 16.8 Å². The first-order valence-corrected chi connectivity index (χ1v) is 10.4. The predicted molar refractivity (Wildman–Crippen MR) is 108 cm³/mol. The van der Waals surface area contributed by atoms with Gasteiger partial charge < -0.3 is 4.57 Å². The first-order valence-electron chi connectivity index (χ1n) is 8.72. The molecule has 6 heteroatoms. The van der Waals surface area contributed by atoms with Crippen molar-refractivity contribution >= 4 is 15.7 Å². The van der Waals surface area contributed by atoms with E-state index in [1.807, 2.05) is 60.7 Å². The van der Waals surface area contributed by atoms with Gasteiger partial charge in [-0.2, -0.15) is 0 Å². The maximum Gasteiger partial charge on any atom is 0.274 e. The zero-order valence-electron chi connectivity index (χ0n) is 15.1. The summed E-state index contributed by atoms with van der Waals surface area (Å²) in [7, 11) is -1.95. The van der Waals surface area contributed by atoms with Crippen molar-refractivity contribution in [1.82, 2.24) is 4.57 Å². The lowest BCUT2D eigenvalue weighted by molar-refractivity contribution is 0.600. The first kappa shape index (κ1) is 18.9. The number of nitrogens with one attached hydrogen (secondary N) is 1. The van der Waals surface area contributed by atoms with E-state index in [4.69, 9.17) is 0 Å². The van der Waals surface area contributed by atoms with Gasteiger partial charge in [0.05, 0.1) is 5.75 Å². The lowest BCUT2D eigenvalue weighted by Gasteiger charge is -2.12. The van der Waals surface area contributed by atoms with Crippen LogP contribution in [0.4, 0.5) is 5.69 Å². The van der Waals surface area contributed by atoms with Gasteiger partial charge in [-0.05, 0) is 29.7 Å². The van der Waals surface area contributed by atoms with Crippen molar-refractivity contribution in [2.75, 3.05) is 10.5 Å². The van der Waals surface area contributed by atoms with Crippen LogP contribution in [0, 0.1) is 0 Å². The molecule has 0 aliphatic heterocycles. The number of pyridine rings is 1. The molecule has 2 aromatic carbocycles. The van der Waals surface area contributed by atoms with Crippen molar-refractivity contribution in [2.45, 2.75) is 12.8 Å². The van der Waals surface area contributed by atoms with E-state index < -0.39 is 10.0 Å². The molecule has 0 amide bonds. The molecule has 140 valence electrons. The van der Waals surface area contributed by atoms with E-state index in [0.29, 0.717) is 12.8 Å². The summed E-state index contributed by atoms with van der Waals surface area (Å²) in [5, 5.41) is 0. The van der Waals surface area contributed by atoms with Gasteiger partial charge in [0.15, 0.2) is 0 Å². The Bertz CT molecular complexity index is 1060. The smallest absolute Gasteiger partial charge is 0.274 e. The van der Waals surface area contributed by atoms with Gasteiger partial charge in [-0.15, -0.1) is 0 Å². The number of aromatic nitrogens is 1. The lowest BCUT2D eigenvalue weighted by Crippen LogP contribution is -2.27. The van der Waals surface area contributed by atoms with Gasteiger partial charge in [-0.3, -0.25) is 9.52 Å². The Balaban J connectivity index is 1.73. The Kier molecular flexibility index (Phi) is 5.76. The van der Waals surface area contributed by atoms with Gasteiger partial charge in [0, 0.05) is 19.2 Å². The SMILES string of the molecule is Cn1c(Cc2ccccc2)ccc(NS(=O)(=O)CCc2ccccc2)c1=O. The summed E-state index contributed by atoms with van der Waals surface area (Å²) in [4.78, 5) is 12.6. The van der Waals surface area contributed by atoms with Crippen LogP contribution in [0.2, 0.25) is 0 Å². The molecule has 0 saturated heterocycles. The van der Waals surface area contributed by atoms with Crippen LogP contribution in [0.25, 0.3) is 0 Å². The molecule has 1 heterocycles. The summed E-state index contributed by atoms with van der Waals surface area (Å²) in [6.07, 6.45) is 0.996. The molecule has 0 bridgehead atoms. The maximum atomic E-state index is 12.6. The molecule has 0 atom stereocenters. The topological polar surface area (TPSA) is 68.2 Å². The molecule has 0 saturated carbocycles. The number of aryl methyl sites for hydroxylation is 1. The molecular formula is C21H22N2O3S. The van der Waals surface area contributed by atoms with Gasteiger partial charge in [0.25, 0.3) is 5.56 Å². The molecule has 3 aromatic rings. The monoisotopic (exact) mass is 382 g/mol. The van der Waals surface area contributed by atoms with Crippen LogP contribution < -0.4 is 10.3 Å². The molecule has 0 radical (unpaired) electrons. The number of hydrogen-bond donors (Lipinski definition) is 1.